The number of rotatable bonds is 2. The van der Waals surface area contributed by atoms with E-state index in [0.717, 1.165) is 22.9 Å². The highest BCUT2D eigenvalue weighted by Crippen LogP contribution is 2.19. The van der Waals surface area contributed by atoms with Crippen LogP contribution in [0.4, 0.5) is 0 Å². The van der Waals surface area contributed by atoms with Crippen molar-refractivity contribution in [3.8, 4) is 0 Å². The maximum Gasteiger partial charge on any atom is 0.254 e. The van der Waals surface area contributed by atoms with Gasteiger partial charge in [0.25, 0.3) is 5.91 Å². The molecular formula is C15H18N2O2. The highest BCUT2D eigenvalue weighted by Gasteiger charge is 2.18. The highest BCUT2D eigenvalue weighted by molar-refractivity contribution is 5.98. The number of hydrogen-bond acceptors (Lipinski definition) is 2. The van der Waals surface area contributed by atoms with E-state index >= 15 is 0 Å². The summed E-state index contributed by atoms with van der Waals surface area (Å²) in [6, 6.07) is 7.98. The Morgan fingerprint density at radius 3 is 2.84 bits per heavy atom. The summed E-state index contributed by atoms with van der Waals surface area (Å²) in [6.07, 6.45) is 0.974. The van der Waals surface area contributed by atoms with Crippen LogP contribution >= 0.6 is 0 Å². The van der Waals surface area contributed by atoms with Gasteiger partial charge in [-0.25, -0.2) is 0 Å². The molecule has 0 unspecified atom stereocenters. The van der Waals surface area contributed by atoms with Crippen molar-refractivity contribution in [1.29, 1.82) is 0 Å². The van der Waals surface area contributed by atoms with E-state index in [2.05, 4.69) is 18.0 Å². The van der Waals surface area contributed by atoms with Gasteiger partial charge < -0.3 is 14.6 Å². The molecule has 4 heteroatoms. The number of carbonyl (C=O) groups excluding carboxylic acids is 1. The minimum atomic E-state index is 0.101. The predicted molar refractivity (Wildman–Crippen MR) is 74.4 cm³/mol. The number of morpholine rings is 1. The first-order valence-electron chi connectivity index (χ1n) is 6.76. The van der Waals surface area contributed by atoms with Gasteiger partial charge in [0.2, 0.25) is 0 Å². The second-order valence-electron chi connectivity index (χ2n) is 4.85. The van der Waals surface area contributed by atoms with Crippen molar-refractivity contribution in [3.63, 3.8) is 0 Å². The molecule has 0 saturated carbocycles. The summed E-state index contributed by atoms with van der Waals surface area (Å²) in [5.74, 6) is 0.101. The number of fused-ring (bicyclic) bond motifs is 1. The number of ether oxygens (including phenoxy) is 1. The number of carbonyl (C=O) groups is 1. The number of aromatic amines is 1. The van der Waals surface area contributed by atoms with Crippen molar-refractivity contribution in [2.75, 3.05) is 26.3 Å². The number of nitrogens with zero attached hydrogens (tertiary/aromatic N) is 1. The van der Waals surface area contributed by atoms with Gasteiger partial charge in [0.05, 0.1) is 13.2 Å². The molecule has 1 amide bonds. The molecule has 0 radical (unpaired) electrons. The van der Waals surface area contributed by atoms with Gasteiger partial charge in [-0.15, -0.1) is 0 Å². The summed E-state index contributed by atoms with van der Waals surface area (Å²) < 4.78 is 5.27. The number of hydrogen-bond donors (Lipinski definition) is 1. The van der Waals surface area contributed by atoms with E-state index in [1.54, 1.807) is 0 Å². The lowest BCUT2D eigenvalue weighted by molar-refractivity contribution is 0.0303. The van der Waals surface area contributed by atoms with Gasteiger partial charge in [-0.3, -0.25) is 4.79 Å². The third-order valence-corrected chi connectivity index (χ3v) is 3.60. The molecule has 100 valence electrons. The number of H-pyrrole nitrogens is 1. The fraction of sp³-hybridized carbons (Fsp3) is 0.400. The zero-order valence-electron chi connectivity index (χ0n) is 11.1. The van der Waals surface area contributed by atoms with Crippen LogP contribution in [0.5, 0.6) is 0 Å². The first-order chi connectivity index (χ1) is 9.28. The molecule has 0 atom stereocenters. The van der Waals surface area contributed by atoms with Gasteiger partial charge in [-0.2, -0.15) is 0 Å². The van der Waals surface area contributed by atoms with E-state index in [0.29, 0.717) is 26.3 Å². The zero-order chi connectivity index (χ0) is 13.2. The third kappa shape index (κ3) is 2.36. The molecule has 1 aliphatic heterocycles. The molecule has 0 aliphatic carbocycles. The van der Waals surface area contributed by atoms with Crippen LogP contribution in [0, 0.1) is 0 Å². The lowest BCUT2D eigenvalue weighted by atomic mass is 10.1. The number of aromatic nitrogens is 1. The van der Waals surface area contributed by atoms with Gasteiger partial charge in [-0.1, -0.05) is 6.92 Å². The van der Waals surface area contributed by atoms with Crippen molar-refractivity contribution in [3.05, 3.63) is 35.5 Å². The molecular weight excluding hydrogens is 240 g/mol. The Bertz CT molecular complexity index is 597. The van der Waals surface area contributed by atoms with Gasteiger partial charge in [0.15, 0.2) is 0 Å². The molecule has 1 saturated heterocycles. The number of nitrogens with one attached hydrogen (secondary N) is 1. The average Bonchev–Trinajstić information content (AvgIpc) is 2.89. The van der Waals surface area contributed by atoms with Crippen LogP contribution in [0.2, 0.25) is 0 Å². The van der Waals surface area contributed by atoms with Crippen LogP contribution in [0.25, 0.3) is 10.9 Å². The molecule has 0 spiro atoms. The minimum absolute atomic E-state index is 0.101. The largest absolute Gasteiger partial charge is 0.378 e. The first kappa shape index (κ1) is 12.2. The van der Waals surface area contributed by atoms with Crippen LogP contribution in [-0.2, 0) is 11.2 Å². The van der Waals surface area contributed by atoms with Gasteiger partial charge in [0.1, 0.15) is 0 Å². The number of amides is 1. The normalized spacial score (nSPS) is 15.9. The molecule has 1 N–H and O–H groups in total. The molecule has 2 aromatic rings. The maximum atomic E-state index is 12.4. The van der Waals surface area contributed by atoms with E-state index in [1.165, 1.54) is 5.69 Å². The first-order valence-corrected chi connectivity index (χ1v) is 6.76. The molecule has 4 nitrogen and oxygen atoms in total. The fourth-order valence-electron chi connectivity index (χ4n) is 2.47. The second-order valence-corrected chi connectivity index (χ2v) is 4.85. The Morgan fingerprint density at radius 1 is 1.32 bits per heavy atom. The molecule has 0 bridgehead atoms. The molecule has 1 aromatic carbocycles. The molecule has 1 aliphatic rings. The Kier molecular flexibility index (Phi) is 3.25. The highest BCUT2D eigenvalue weighted by atomic mass is 16.5. The van der Waals surface area contributed by atoms with E-state index < -0.39 is 0 Å². The lowest BCUT2D eigenvalue weighted by Crippen LogP contribution is -2.40. The van der Waals surface area contributed by atoms with Crippen LogP contribution in [0.15, 0.2) is 24.3 Å². The summed E-state index contributed by atoms with van der Waals surface area (Å²) >= 11 is 0. The summed E-state index contributed by atoms with van der Waals surface area (Å²) in [6.45, 7) is 4.76. The Balaban J connectivity index is 1.89. The SMILES string of the molecule is CCc1cc2cc(C(=O)N3CCOCC3)ccc2[nH]1. The summed E-state index contributed by atoms with van der Waals surface area (Å²) in [4.78, 5) is 17.6. The van der Waals surface area contributed by atoms with E-state index in [9.17, 15) is 4.79 Å². The summed E-state index contributed by atoms with van der Waals surface area (Å²) in [7, 11) is 0. The van der Waals surface area contributed by atoms with E-state index in [4.69, 9.17) is 4.74 Å². The fourth-order valence-corrected chi connectivity index (χ4v) is 2.47. The topological polar surface area (TPSA) is 45.3 Å². The molecule has 3 rings (SSSR count). The quantitative estimate of drug-likeness (QED) is 0.897. The van der Waals surface area contributed by atoms with Crippen molar-refractivity contribution < 1.29 is 9.53 Å². The number of benzene rings is 1. The van der Waals surface area contributed by atoms with Crippen LogP contribution in [0.1, 0.15) is 23.0 Å². The third-order valence-electron chi connectivity index (χ3n) is 3.60. The Labute approximate surface area is 112 Å². The molecule has 1 fully saturated rings. The summed E-state index contributed by atoms with van der Waals surface area (Å²) in [5.41, 5.74) is 3.05. The average molecular weight is 258 g/mol. The number of aryl methyl sites for hydroxylation is 1. The summed E-state index contributed by atoms with van der Waals surface area (Å²) in [5, 5.41) is 1.11. The van der Waals surface area contributed by atoms with Crippen molar-refractivity contribution in [1.82, 2.24) is 9.88 Å². The van der Waals surface area contributed by atoms with Crippen molar-refractivity contribution in [2.45, 2.75) is 13.3 Å². The van der Waals surface area contributed by atoms with Crippen molar-refractivity contribution >= 4 is 16.8 Å². The van der Waals surface area contributed by atoms with Gasteiger partial charge >= 0.3 is 0 Å². The standard InChI is InChI=1S/C15H18N2O2/c1-2-13-10-12-9-11(3-4-14(12)16-13)15(18)17-5-7-19-8-6-17/h3-4,9-10,16H,2,5-8H2,1H3. The van der Waals surface area contributed by atoms with E-state index in [-0.39, 0.29) is 5.91 Å². The Hall–Kier alpha value is -1.81. The van der Waals surface area contributed by atoms with Crippen LogP contribution < -0.4 is 0 Å². The molecule has 19 heavy (non-hydrogen) atoms. The maximum absolute atomic E-state index is 12.4. The minimum Gasteiger partial charge on any atom is -0.378 e. The molecule has 1 aromatic heterocycles. The van der Waals surface area contributed by atoms with E-state index in [1.807, 2.05) is 23.1 Å². The van der Waals surface area contributed by atoms with Gasteiger partial charge in [0, 0.05) is 35.2 Å². The van der Waals surface area contributed by atoms with Gasteiger partial charge in [-0.05, 0) is 30.7 Å². The predicted octanol–water partition coefficient (Wildman–Crippen LogP) is 2.20. The monoisotopic (exact) mass is 258 g/mol. The lowest BCUT2D eigenvalue weighted by Gasteiger charge is -2.26. The molecule has 2 heterocycles. The van der Waals surface area contributed by atoms with Crippen molar-refractivity contribution in [2.24, 2.45) is 0 Å². The van der Waals surface area contributed by atoms with Crippen LogP contribution in [-0.4, -0.2) is 42.1 Å². The van der Waals surface area contributed by atoms with Crippen LogP contribution in [0.3, 0.4) is 0 Å². The smallest absolute Gasteiger partial charge is 0.254 e. The zero-order valence-corrected chi connectivity index (χ0v) is 11.1. The Morgan fingerprint density at radius 2 is 2.11 bits per heavy atom. The second kappa shape index (κ2) is 5.05.